The molecular formula is C27H27FN4O3. The minimum atomic E-state index is -0.704. The Bertz CT molecular complexity index is 1290. The van der Waals surface area contributed by atoms with Gasteiger partial charge in [0.15, 0.2) is 0 Å². The second-order valence-corrected chi connectivity index (χ2v) is 8.17. The summed E-state index contributed by atoms with van der Waals surface area (Å²) in [5.41, 5.74) is 9.56. The van der Waals surface area contributed by atoms with Crippen LogP contribution in [0.4, 0.5) is 4.39 Å². The summed E-state index contributed by atoms with van der Waals surface area (Å²) in [6, 6.07) is 17.1. The lowest BCUT2D eigenvalue weighted by Crippen LogP contribution is -2.37. The molecule has 0 aliphatic carbocycles. The van der Waals surface area contributed by atoms with E-state index in [4.69, 9.17) is 10.5 Å². The van der Waals surface area contributed by atoms with E-state index >= 15 is 0 Å². The maximum Gasteiger partial charge on any atom is 0.261 e. The van der Waals surface area contributed by atoms with Gasteiger partial charge in [-0.05, 0) is 79.9 Å². The van der Waals surface area contributed by atoms with Gasteiger partial charge in [0, 0.05) is 23.6 Å². The first-order valence-electron chi connectivity index (χ1n) is 11.0. The van der Waals surface area contributed by atoms with Crippen molar-refractivity contribution in [3.05, 3.63) is 88.5 Å². The number of ether oxygens (including phenoxy) is 1. The van der Waals surface area contributed by atoms with E-state index in [0.29, 0.717) is 5.56 Å². The largest absolute Gasteiger partial charge is 0.497 e. The van der Waals surface area contributed by atoms with Gasteiger partial charge in [0.1, 0.15) is 23.2 Å². The first kappa shape index (κ1) is 25.2. The number of hydrogen-bond acceptors (Lipinski definition) is 4. The summed E-state index contributed by atoms with van der Waals surface area (Å²) in [5, 5.41) is 12.2. The number of carbonyl (C=O) groups excluding carboxylic acids is 2. The third-order valence-corrected chi connectivity index (χ3v) is 5.77. The highest BCUT2D eigenvalue weighted by atomic mass is 19.1. The number of benzene rings is 2. The Kier molecular flexibility index (Phi) is 8.05. The molecule has 1 aromatic heterocycles. The van der Waals surface area contributed by atoms with Gasteiger partial charge in [-0.15, -0.1) is 0 Å². The maximum atomic E-state index is 13.1. The molecule has 3 aromatic rings. The Labute approximate surface area is 203 Å². The molecule has 3 rings (SSSR count). The van der Waals surface area contributed by atoms with Crippen molar-refractivity contribution in [2.45, 2.75) is 20.3 Å². The van der Waals surface area contributed by atoms with E-state index in [-0.39, 0.29) is 24.4 Å². The summed E-state index contributed by atoms with van der Waals surface area (Å²) >= 11 is 0. The van der Waals surface area contributed by atoms with Crippen LogP contribution in [0.1, 0.15) is 22.5 Å². The summed E-state index contributed by atoms with van der Waals surface area (Å²) < 4.78 is 20.4. The lowest BCUT2D eigenvalue weighted by atomic mass is 9.98. The van der Waals surface area contributed by atoms with Crippen LogP contribution in [0.3, 0.4) is 0 Å². The van der Waals surface area contributed by atoms with E-state index < -0.39 is 17.7 Å². The monoisotopic (exact) mass is 474 g/mol. The lowest BCUT2D eigenvalue weighted by molar-refractivity contribution is -0.122. The van der Waals surface area contributed by atoms with Crippen LogP contribution in [0.5, 0.6) is 5.75 Å². The lowest BCUT2D eigenvalue weighted by Gasteiger charge is -2.14. The van der Waals surface area contributed by atoms with Crippen LogP contribution in [0.15, 0.2) is 60.2 Å². The van der Waals surface area contributed by atoms with Crippen molar-refractivity contribution >= 4 is 17.9 Å². The van der Waals surface area contributed by atoms with Gasteiger partial charge in [0.05, 0.1) is 13.0 Å². The van der Waals surface area contributed by atoms with E-state index in [1.54, 1.807) is 19.2 Å². The van der Waals surface area contributed by atoms with Crippen LogP contribution < -0.4 is 15.8 Å². The van der Waals surface area contributed by atoms with Crippen molar-refractivity contribution in [3.8, 4) is 17.5 Å². The van der Waals surface area contributed by atoms with Gasteiger partial charge in [0.2, 0.25) is 5.91 Å². The van der Waals surface area contributed by atoms with Crippen LogP contribution in [0, 0.1) is 36.9 Å². The molecule has 2 amide bonds. The number of aryl methyl sites for hydroxylation is 1. The molecule has 0 saturated carbocycles. The number of aromatic nitrogens is 1. The SMILES string of the molecule is COc1ccc(-n2c(C)cc(/C=C(\C#N)C(=O)NCC(Cc3ccc(F)cc3)C(N)=O)c2C)cc1. The number of rotatable bonds is 9. The van der Waals surface area contributed by atoms with Gasteiger partial charge < -0.3 is 20.4 Å². The fourth-order valence-electron chi connectivity index (χ4n) is 3.86. The Morgan fingerprint density at radius 2 is 1.83 bits per heavy atom. The molecule has 0 aliphatic rings. The minimum absolute atomic E-state index is 0.0462. The molecular weight excluding hydrogens is 447 g/mol. The summed E-state index contributed by atoms with van der Waals surface area (Å²) in [6.45, 7) is 3.80. The number of nitriles is 1. The zero-order valence-corrected chi connectivity index (χ0v) is 19.8. The summed E-state index contributed by atoms with van der Waals surface area (Å²) in [5.74, 6) is -1.54. The number of halogens is 1. The zero-order valence-electron chi connectivity index (χ0n) is 19.8. The first-order valence-corrected chi connectivity index (χ1v) is 11.0. The summed E-state index contributed by atoms with van der Waals surface area (Å²) in [6.07, 6.45) is 1.77. The Hall–Kier alpha value is -4.38. The summed E-state index contributed by atoms with van der Waals surface area (Å²) in [4.78, 5) is 24.6. The van der Waals surface area contributed by atoms with E-state index in [9.17, 15) is 19.2 Å². The molecule has 0 bridgehead atoms. The minimum Gasteiger partial charge on any atom is -0.497 e. The van der Waals surface area contributed by atoms with Crippen molar-refractivity contribution in [3.63, 3.8) is 0 Å². The van der Waals surface area contributed by atoms with E-state index in [1.807, 2.05) is 54.8 Å². The topological polar surface area (TPSA) is 110 Å². The fourth-order valence-corrected chi connectivity index (χ4v) is 3.86. The molecule has 0 saturated heterocycles. The molecule has 35 heavy (non-hydrogen) atoms. The molecule has 1 heterocycles. The normalized spacial score (nSPS) is 12.0. The standard InChI is InChI=1S/C27H27FN4O3/c1-17-12-20(18(2)32(17)24-8-10-25(35-3)11-9-24)14-21(15-29)27(34)31-16-22(26(30)33)13-19-4-6-23(28)7-5-19/h4-12,14,22H,13,16H2,1-3H3,(H2,30,33)(H,31,34)/b21-14+. The number of carbonyl (C=O) groups is 2. The quantitative estimate of drug-likeness (QED) is 0.365. The van der Waals surface area contributed by atoms with Crippen LogP contribution in [0.2, 0.25) is 0 Å². The van der Waals surface area contributed by atoms with E-state index in [0.717, 1.165) is 28.4 Å². The highest BCUT2D eigenvalue weighted by Crippen LogP contribution is 2.24. The third kappa shape index (κ3) is 6.15. The van der Waals surface area contributed by atoms with E-state index in [2.05, 4.69) is 5.32 Å². The zero-order chi connectivity index (χ0) is 25.5. The Morgan fingerprint density at radius 3 is 2.40 bits per heavy atom. The van der Waals surface area contributed by atoms with Gasteiger partial charge in [0.25, 0.3) is 5.91 Å². The highest BCUT2D eigenvalue weighted by Gasteiger charge is 2.19. The third-order valence-electron chi connectivity index (χ3n) is 5.77. The predicted molar refractivity (Wildman–Crippen MR) is 131 cm³/mol. The summed E-state index contributed by atoms with van der Waals surface area (Å²) in [7, 11) is 1.60. The van der Waals surface area contributed by atoms with Crippen LogP contribution >= 0.6 is 0 Å². The van der Waals surface area contributed by atoms with Crippen molar-refractivity contribution in [1.82, 2.24) is 9.88 Å². The van der Waals surface area contributed by atoms with Crippen LogP contribution in [-0.4, -0.2) is 30.0 Å². The number of nitrogens with two attached hydrogens (primary N) is 1. The molecule has 180 valence electrons. The van der Waals surface area contributed by atoms with Gasteiger partial charge in [-0.25, -0.2) is 4.39 Å². The molecule has 2 aromatic carbocycles. The number of primary amides is 1. The molecule has 7 nitrogen and oxygen atoms in total. The molecule has 1 atom stereocenters. The predicted octanol–water partition coefficient (Wildman–Crippen LogP) is 3.61. The maximum absolute atomic E-state index is 13.1. The van der Waals surface area contributed by atoms with Crippen molar-refractivity contribution in [2.24, 2.45) is 11.7 Å². The molecule has 3 N–H and O–H groups in total. The second kappa shape index (κ2) is 11.2. The molecule has 0 aliphatic heterocycles. The first-order chi connectivity index (χ1) is 16.7. The number of hydrogen-bond donors (Lipinski definition) is 2. The van der Waals surface area contributed by atoms with Crippen molar-refractivity contribution in [1.29, 1.82) is 5.26 Å². The average Bonchev–Trinajstić information content (AvgIpc) is 3.13. The Morgan fingerprint density at radius 1 is 1.17 bits per heavy atom. The Balaban J connectivity index is 1.76. The molecule has 0 radical (unpaired) electrons. The number of amides is 2. The molecule has 8 heteroatoms. The van der Waals surface area contributed by atoms with Gasteiger partial charge in [-0.1, -0.05) is 12.1 Å². The van der Waals surface area contributed by atoms with Gasteiger partial charge in [-0.2, -0.15) is 5.26 Å². The smallest absolute Gasteiger partial charge is 0.261 e. The second-order valence-electron chi connectivity index (χ2n) is 8.17. The molecule has 0 spiro atoms. The molecule has 0 fully saturated rings. The van der Waals surface area contributed by atoms with Gasteiger partial charge >= 0.3 is 0 Å². The highest BCUT2D eigenvalue weighted by molar-refractivity contribution is 6.02. The van der Waals surface area contributed by atoms with E-state index in [1.165, 1.54) is 18.2 Å². The van der Waals surface area contributed by atoms with Crippen molar-refractivity contribution in [2.75, 3.05) is 13.7 Å². The number of methoxy groups -OCH3 is 1. The van der Waals surface area contributed by atoms with Crippen molar-refractivity contribution < 1.29 is 18.7 Å². The fraction of sp³-hybridized carbons (Fsp3) is 0.222. The van der Waals surface area contributed by atoms with Crippen LogP contribution in [-0.2, 0) is 16.0 Å². The van der Waals surface area contributed by atoms with Crippen LogP contribution in [0.25, 0.3) is 11.8 Å². The molecule has 1 unspecified atom stereocenters. The number of nitrogens with zero attached hydrogens (tertiary/aromatic N) is 2. The number of nitrogens with one attached hydrogen (secondary N) is 1. The average molecular weight is 475 g/mol. The van der Waals surface area contributed by atoms with Gasteiger partial charge in [-0.3, -0.25) is 9.59 Å².